The lowest BCUT2D eigenvalue weighted by Gasteiger charge is -2.31. The van der Waals surface area contributed by atoms with Crippen LogP contribution in [0.25, 0.3) is 0 Å². The molecule has 0 radical (unpaired) electrons. The van der Waals surface area contributed by atoms with Crippen molar-refractivity contribution < 1.29 is 22.7 Å². The number of esters is 1. The molecule has 1 amide bonds. The highest BCUT2D eigenvalue weighted by molar-refractivity contribution is 7.88. The molecule has 1 heterocycles. The fourth-order valence-corrected chi connectivity index (χ4v) is 5.41. The predicted octanol–water partition coefficient (Wildman–Crippen LogP) is 4.35. The third-order valence-electron chi connectivity index (χ3n) is 5.14. The third kappa shape index (κ3) is 6.22. The summed E-state index contributed by atoms with van der Waals surface area (Å²) in [6.45, 7) is 2.48. The van der Waals surface area contributed by atoms with Gasteiger partial charge in [0.25, 0.3) is 0 Å². The Morgan fingerprint density at radius 2 is 1.84 bits per heavy atom. The fraction of sp³-hybridized carbons (Fsp3) is 0.364. The number of hydrogen-bond acceptors (Lipinski definition) is 5. The van der Waals surface area contributed by atoms with Crippen molar-refractivity contribution in [3.05, 3.63) is 63.6 Å². The number of anilines is 1. The second-order valence-corrected chi connectivity index (χ2v) is 10.3. The zero-order chi connectivity index (χ0) is 23.3. The molecular weight excluding hydrogens is 475 g/mol. The van der Waals surface area contributed by atoms with E-state index in [1.54, 1.807) is 43.3 Å². The molecule has 0 bridgehead atoms. The number of amides is 1. The number of nitrogens with one attached hydrogen (secondary N) is 1. The number of nitrogens with zero attached hydrogens (tertiary/aromatic N) is 1. The van der Waals surface area contributed by atoms with Crippen LogP contribution in [0.3, 0.4) is 0 Å². The van der Waals surface area contributed by atoms with Crippen LogP contribution in [0.15, 0.2) is 42.5 Å². The van der Waals surface area contributed by atoms with Crippen LogP contribution in [0.5, 0.6) is 0 Å². The van der Waals surface area contributed by atoms with E-state index in [1.807, 2.05) is 0 Å². The van der Waals surface area contributed by atoms with Gasteiger partial charge >= 0.3 is 5.97 Å². The molecule has 0 aliphatic carbocycles. The molecule has 2 aromatic carbocycles. The van der Waals surface area contributed by atoms with E-state index in [0.29, 0.717) is 46.2 Å². The normalized spacial score (nSPS) is 17.0. The van der Waals surface area contributed by atoms with Gasteiger partial charge in [-0.25, -0.2) is 17.5 Å². The fourth-order valence-electron chi connectivity index (χ4n) is 3.49. The molecule has 0 aromatic heterocycles. The van der Waals surface area contributed by atoms with Crippen LogP contribution in [0.2, 0.25) is 10.0 Å². The first-order chi connectivity index (χ1) is 15.2. The summed E-state index contributed by atoms with van der Waals surface area (Å²) < 4.78 is 32.1. The number of ether oxygens (including phenoxy) is 1. The number of halogens is 2. The maximum Gasteiger partial charge on any atom is 0.338 e. The van der Waals surface area contributed by atoms with Gasteiger partial charge in [0, 0.05) is 18.8 Å². The number of benzene rings is 2. The highest BCUT2D eigenvalue weighted by Gasteiger charge is 2.32. The van der Waals surface area contributed by atoms with Gasteiger partial charge in [-0.3, -0.25) is 4.79 Å². The van der Waals surface area contributed by atoms with Gasteiger partial charge in [-0.1, -0.05) is 29.3 Å². The average molecular weight is 499 g/mol. The van der Waals surface area contributed by atoms with E-state index in [9.17, 15) is 18.0 Å². The van der Waals surface area contributed by atoms with Crippen molar-refractivity contribution in [2.45, 2.75) is 25.5 Å². The van der Waals surface area contributed by atoms with Crippen molar-refractivity contribution >= 4 is 50.8 Å². The SMILES string of the molecule is CCOC(=O)c1ccc(NC(=O)C2CCCN(S(=O)(=O)Cc3ccc(Cl)c(Cl)c3)C2)cc1. The highest BCUT2D eigenvalue weighted by atomic mass is 35.5. The van der Waals surface area contributed by atoms with Crippen LogP contribution in [-0.4, -0.2) is 44.3 Å². The molecule has 1 aliphatic heterocycles. The number of rotatable bonds is 7. The lowest BCUT2D eigenvalue weighted by molar-refractivity contribution is -0.120. The van der Waals surface area contributed by atoms with Crippen LogP contribution in [0.4, 0.5) is 5.69 Å². The van der Waals surface area contributed by atoms with Crippen molar-refractivity contribution in [3.63, 3.8) is 0 Å². The molecule has 1 fully saturated rings. The topological polar surface area (TPSA) is 92.8 Å². The zero-order valence-electron chi connectivity index (χ0n) is 17.5. The van der Waals surface area contributed by atoms with E-state index in [4.69, 9.17) is 27.9 Å². The molecule has 2 aromatic rings. The van der Waals surface area contributed by atoms with E-state index in [1.165, 1.54) is 10.4 Å². The van der Waals surface area contributed by atoms with Gasteiger partial charge in [-0.2, -0.15) is 0 Å². The lowest BCUT2D eigenvalue weighted by Crippen LogP contribution is -2.44. The molecule has 1 aliphatic rings. The molecule has 0 spiro atoms. The van der Waals surface area contributed by atoms with Gasteiger partial charge in [0.1, 0.15) is 0 Å². The van der Waals surface area contributed by atoms with Crippen LogP contribution >= 0.6 is 23.2 Å². The van der Waals surface area contributed by atoms with Gasteiger partial charge in [0.2, 0.25) is 15.9 Å². The molecule has 0 saturated carbocycles. The smallest absolute Gasteiger partial charge is 0.338 e. The van der Waals surface area contributed by atoms with E-state index in [0.717, 1.165) is 0 Å². The number of sulfonamides is 1. The Morgan fingerprint density at radius 3 is 2.50 bits per heavy atom. The second kappa shape index (κ2) is 10.7. The summed E-state index contributed by atoms with van der Waals surface area (Å²) in [6, 6.07) is 11.1. The number of carbonyl (C=O) groups excluding carboxylic acids is 2. The van der Waals surface area contributed by atoms with Crippen molar-refractivity contribution in [2.75, 3.05) is 25.0 Å². The predicted molar refractivity (Wildman–Crippen MR) is 124 cm³/mol. The van der Waals surface area contributed by atoms with Crippen LogP contribution in [-0.2, 0) is 25.3 Å². The molecule has 1 unspecified atom stereocenters. The number of piperidine rings is 1. The molecule has 10 heteroatoms. The molecule has 32 heavy (non-hydrogen) atoms. The van der Waals surface area contributed by atoms with Gasteiger partial charge in [-0.15, -0.1) is 0 Å². The summed E-state index contributed by atoms with van der Waals surface area (Å²) in [5.74, 6) is -1.38. The first-order valence-corrected chi connectivity index (χ1v) is 12.6. The quantitative estimate of drug-likeness (QED) is 0.572. The summed E-state index contributed by atoms with van der Waals surface area (Å²) in [5, 5.41) is 3.46. The van der Waals surface area contributed by atoms with Crippen LogP contribution in [0, 0.1) is 5.92 Å². The van der Waals surface area contributed by atoms with Crippen LogP contribution < -0.4 is 5.32 Å². The lowest BCUT2D eigenvalue weighted by atomic mass is 9.98. The van der Waals surface area contributed by atoms with Gasteiger partial charge < -0.3 is 10.1 Å². The Kier molecular flexibility index (Phi) is 8.16. The Hall–Kier alpha value is -2.13. The Morgan fingerprint density at radius 1 is 1.12 bits per heavy atom. The molecule has 1 N–H and O–H groups in total. The number of carbonyl (C=O) groups is 2. The minimum Gasteiger partial charge on any atom is -0.462 e. The summed E-state index contributed by atoms with van der Waals surface area (Å²) in [6.07, 6.45) is 1.17. The third-order valence-corrected chi connectivity index (χ3v) is 7.70. The first kappa shape index (κ1) is 24.5. The van der Waals surface area contributed by atoms with Crippen molar-refractivity contribution in [1.29, 1.82) is 0 Å². The van der Waals surface area contributed by atoms with Gasteiger partial charge in [0.15, 0.2) is 0 Å². The average Bonchev–Trinajstić information content (AvgIpc) is 2.77. The second-order valence-electron chi connectivity index (χ2n) is 7.49. The summed E-state index contributed by atoms with van der Waals surface area (Å²) in [7, 11) is -3.63. The maximum absolute atomic E-state index is 12.9. The summed E-state index contributed by atoms with van der Waals surface area (Å²) in [5.41, 5.74) is 1.45. The largest absolute Gasteiger partial charge is 0.462 e. The van der Waals surface area contributed by atoms with E-state index in [-0.39, 0.29) is 24.8 Å². The molecule has 172 valence electrons. The minimum atomic E-state index is -3.63. The maximum atomic E-state index is 12.9. The standard InChI is InChI=1S/C22H24Cl2N2O5S/c1-2-31-22(28)16-6-8-18(9-7-16)25-21(27)17-4-3-11-26(13-17)32(29,30)14-15-5-10-19(23)20(24)12-15/h5-10,12,17H,2-4,11,13-14H2,1H3,(H,25,27). The molecule has 1 saturated heterocycles. The van der Waals surface area contributed by atoms with Gasteiger partial charge in [-0.05, 0) is 61.7 Å². The van der Waals surface area contributed by atoms with E-state index < -0.39 is 21.9 Å². The van der Waals surface area contributed by atoms with E-state index >= 15 is 0 Å². The number of hydrogen-bond donors (Lipinski definition) is 1. The monoisotopic (exact) mass is 498 g/mol. The van der Waals surface area contributed by atoms with Crippen molar-refractivity contribution in [2.24, 2.45) is 5.92 Å². The zero-order valence-corrected chi connectivity index (χ0v) is 19.8. The molecule has 1 atom stereocenters. The highest BCUT2D eigenvalue weighted by Crippen LogP contribution is 2.26. The van der Waals surface area contributed by atoms with E-state index in [2.05, 4.69) is 5.32 Å². The Labute approximate surface area is 197 Å². The molecular formula is C22H24Cl2N2O5S. The Bertz CT molecular complexity index is 1090. The van der Waals surface area contributed by atoms with Crippen molar-refractivity contribution in [1.82, 2.24) is 4.31 Å². The summed E-state index contributed by atoms with van der Waals surface area (Å²) in [4.78, 5) is 24.5. The first-order valence-electron chi connectivity index (χ1n) is 10.2. The van der Waals surface area contributed by atoms with Gasteiger partial charge in [0.05, 0.1) is 33.9 Å². The van der Waals surface area contributed by atoms with Crippen LogP contribution in [0.1, 0.15) is 35.7 Å². The Balaban J connectivity index is 1.62. The molecule has 3 rings (SSSR count). The van der Waals surface area contributed by atoms with Crippen molar-refractivity contribution in [3.8, 4) is 0 Å². The summed E-state index contributed by atoms with van der Waals surface area (Å²) >= 11 is 11.9. The molecule has 7 nitrogen and oxygen atoms in total. The minimum absolute atomic E-state index is 0.108.